The fourth-order valence-electron chi connectivity index (χ4n) is 4.98. The highest BCUT2D eigenvalue weighted by molar-refractivity contribution is 7.90. The van der Waals surface area contributed by atoms with E-state index in [9.17, 15) is 23.3 Å². The zero-order valence-corrected chi connectivity index (χ0v) is 23.6. The Labute approximate surface area is 231 Å². The Hall–Kier alpha value is -3.24. The van der Waals surface area contributed by atoms with E-state index in [1.165, 1.54) is 18.4 Å². The summed E-state index contributed by atoms with van der Waals surface area (Å²) in [5, 5.41) is 10.8. The third kappa shape index (κ3) is 9.18. The second-order valence-electron chi connectivity index (χ2n) is 10.5. The van der Waals surface area contributed by atoms with Gasteiger partial charge in [0.1, 0.15) is 16.4 Å². The number of carbonyl (C=O) groups excluding carboxylic acids is 1. The molecule has 10 heteroatoms. The summed E-state index contributed by atoms with van der Waals surface area (Å²) in [5.74, 6) is 0.152. The number of likely N-dealkylation sites (tertiary alicyclic amines) is 1. The highest BCUT2D eigenvalue weighted by atomic mass is 32.2. The second-order valence-corrected chi connectivity index (χ2v) is 12.8. The predicted molar refractivity (Wildman–Crippen MR) is 152 cm³/mol. The molecule has 212 valence electrons. The van der Waals surface area contributed by atoms with Crippen molar-refractivity contribution in [1.82, 2.24) is 9.80 Å². The van der Waals surface area contributed by atoms with Crippen LogP contribution in [0.1, 0.15) is 43.7 Å². The maximum absolute atomic E-state index is 12.9. The SMILES string of the molecule is C=CCN(C(=O)OCc1ccc([N+](=O)[O-])cc1)C1CCN(CCC(C)(CCS(C)(=O)=O)c2ccccc2)CC1. The molecule has 1 saturated heterocycles. The zero-order chi connectivity index (χ0) is 28.5. The summed E-state index contributed by atoms with van der Waals surface area (Å²) < 4.78 is 29.3. The molecular formula is C29H39N3O6S. The standard InChI is InChI=1S/C29H39N3O6S/c1-4-18-31(28(33)38-23-24-10-12-27(13-11-24)32(34)35)26-14-19-30(20-15-26)21-16-29(2,17-22-39(3,36)37)25-8-6-5-7-9-25/h4-13,26H,1,14-23H2,2-3H3. The van der Waals surface area contributed by atoms with Crippen molar-refractivity contribution < 1.29 is 22.9 Å². The number of carbonyl (C=O) groups is 1. The minimum absolute atomic E-state index is 0.00963. The lowest BCUT2D eigenvalue weighted by Gasteiger charge is -2.39. The summed E-state index contributed by atoms with van der Waals surface area (Å²) >= 11 is 0. The molecule has 0 bridgehead atoms. The third-order valence-corrected chi connectivity index (χ3v) is 8.49. The first-order valence-electron chi connectivity index (χ1n) is 13.2. The Morgan fingerprint density at radius 3 is 2.36 bits per heavy atom. The summed E-state index contributed by atoms with van der Waals surface area (Å²) in [6.45, 7) is 8.84. The van der Waals surface area contributed by atoms with E-state index in [-0.39, 0.29) is 29.5 Å². The Morgan fingerprint density at radius 2 is 1.79 bits per heavy atom. The van der Waals surface area contributed by atoms with Crippen molar-refractivity contribution in [3.8, 4) is 0 Å². The Balaban J connectivity index is 1.54. The van der Waals surface area contributed by atoms with E-state index >= 15 is 0 Å². The minimum Gasteiger partial charge on any atom is -0.445 e. The largest absolute Gasteiger partial charge is 0.445 e. The first kappa shape index (κ1) is 30.3. The molecule has 1 fully saturated rings. The smallest absolute Gasteiger partial charge is 0.410 e. The van der Waals surface area contributed by atoms with E-state index in [1.54, 1.807) is 23.1 Å². The number of non-ortho nitro benzene ring substituents is 1. The number of piperidine rings is 1. The molecular weight excluding hydrogens is 518 g/mol. The van der Waals surface area contributed by atoms with Gasteiger partial charge >= 0.3 is 6.09 Å². The van der Waals surface area contributed by atoms with E-state index in [0.29, 0.717) is 18.5 Å². The van der Waals surface area contributed by atoms with Crippen LogP contribution < -0.4 is 0 Å². The number of rotatable bonds is 13. The first-order valence-corrected chi connectivity index (χ1v) is 15.3. The quantitative estimate of drug-likeness (QED) is 0.194. The van der Waals surface area contributed by atoms with Crippen LogP contribution in [0.3, 0.4) is 0 Å². The maximum Gasteiger partial charge on any atom is 0.410 e. The molecule has 39 heavy (non-hydrogen) atoms. The number of hydrogen-bond acceptors (Lipinski definition) is 7. The number of hydrogen-bond donors (Lipinski definition) is 0. The molecule has 0 aliphatic carbocycles. The lowest BCUT2D eigenvalue weighted by molar-refractivity contribution is -0.384. The van der Waals surface area contributed by atoms with Crippen LogP contribution in [0.15, 0.2) is 67.3 Å². The summed E-state index contributed by atoms with van der Waals surface area (Å²) in [7, 11) is -3.06. The molecule has 0 saturated carbocycles. The Morgan fingerprint density at radius 1 is 1.15 bits per heavy atom. The zero-order valence-electron chi connectivity index (χ0n) is 22.8. The normalized spacial score (nSPS) is 16.3. The van der Waals surface area contributed by atoms with E-state index in [4.69, 9.17) is 4.74 Å². The van der Waals surface area contributed by atoms with Crippen LogP contribution in [0, 0.1) is 10.1 Å². The van der Waals surface area contributed by atoms with Gasteiger partial charge in [0.05, 0.1) is 10.7 Å². The van der Waals surface area contributed by atoms with Gasteiger partial charge in [-0.15, -0.1) is 6.58 Å². The number of benzene rings is 2. The number of nitro benzene ring substituents is 1. The van der Waals surface area contributed by atoms with E-state index < -0.39 is 20.9 Å². The molecule has 1 heterocycles. The number of nitrogens with zero attached hydrogens (tertiary/aromatic N) is 3. The van der Waals surface area contributed by atoms with Gasteiger partial charge in [-0.3, -0.25) is 10.1 Å². The van der Waals surface area contributed by atoms with Gasteiger partial charge in [0.2, 0.25) is 0 Å². The van der Waals surface area contributed by atoms with Gasteiger partial charge in [-0.1, -0.05) is 43.3 Å². The lowest BCUT2D eigenvalue weighted by Crippen LogP contribution is -2.48. The second kappa shape index (κ2) is 13.7. The molecule has 1 amide bonds. The van der Waals surface area contributed by atoms with Gasteiger partial charge in [0, 0.05) is 44.1 Å². The number of amides is 1. The first-order chi connectivity index (χ1) is 18.5. The topological polar surface area (TPSA) is 110 Å². The maximum atomic E-state index is 12.9. The van der Waals surface area contributed by atoms with Crippen molar-refractivity contribution in [1.29, 1.82) is 0 Å². The molecule has 1 unspecified atom stereocenters. The van der Waals surface area contributed by atoms with Crippen molar-refractivity contribution in [3.05, 3.63) is 88.5 Å². The number of nitro groups is 1. The molecule has 3 rings (SSSR count). The molecule has 0 radical (unpaired) electrons. The molecule has 1 aliphatic heterocycles. The molecule has 0 N–H and O–H groups in total. The van der Waals surface area contributed by atoms with Crippen LogP contribution in [0.2, 0.25) is 0 Å². The van der Waals surface area contributed by atoms with Gasteiger partial charge in [0.25, 0.3) is 5.69 Å². The van der Waals surface area contributed by atoms with Crippen LogP contribution >= 0.6 is 0 Å². The Bertz CT molecular complexity index is 1210. The van der Waals surface area contributed by atoms with E-state index in [1.807, 2.05) is 18.2 Å². The molecule has 9 nitrogen and oxygen atoms in total. The lowest BCUT2D eigenvalue weighted by atomic mass is 9.77. The van der Waals surface area contributed by atoms with Crippen molar-refractivity contribution in [2.24, 2.45) is 0 Å². The van der Waals surface area contributed by atoms with Crippen LogP contribution in [-0.2, 0) is 26.6 Å². The fraction of sp³-hybridized carbons (Fsp3) is 0.483. The molecule has 2 aromatic carbocycles. The molecule has 1 aliphatic rings. The van der Waals surface area contributed by atoms with Crippen molar-refractivity contribution >= 4 is 21.6 Å². The van der Waals surface area contributed by atoms with Gasteiger partial charge < -0.3 is 14.5 Å². The van der Waals surface area contributed by atoms with E-state index in [0.717, 1.165) is 44.5 Å². The van der Waals surface area contributed by atoms with Gasteiger partial charge in [0.15, 0.2) is 0 Å². The predicted octanol–water partition coefficient (Wildman–Crippen LogP) is 4.97. The van der Waals surface area contributed by atoms with Gasteiger partial charge in [-0.05, 0) is 60.9 Å². The summed E-state index contributed by atoms with van der Waals surface area (Å²) in [4.78, 5) is 27.4. The number of ether oxygens (including phenoxy) is 1. The third-order valence-electron chi connectivity index (χ3n) is 7.54. The molecule has 1 atom stereocenters. The van der Waals surface area contributed by atoms with Crippen LogP contribution in [0.5, 0.6) is 0 Å². The van der Waals surface area contributed by atoms with Crippen LogP contribution in [0.4, 0.5) is 10.5 Å². The van der Waals surface area contributed by atoms with Crippen LogP contribution in [-0.4, -0.2) is 73.5 Å². The minimum atomic E-state index is -3.06. The molecule has 0 aromatic heterocycles. The monoisotopic (exact) mass is 557 g/mol. The molecule has 0 spiro atoms. The average molecular weight is 558 g/mol. The average Bonchev–Trinajstić information content (AvgIpc) is 2.93. The van der Waals surface area contributed by atoms with Gasteiger partial charge in [-0.2, -0.15) is 0 Å². The highest BCUT2D eigenvalue weighted by Crippen LogP contribution is 2.33. The van der Waals surface area contributed by atoms with Crippen LogP contribution in [0.25, 0.3) is 0 Å². The summed E-state index contributed by atoms with van der Waals surface area (Å²) in [5.41, 5.74) is 1.57. The number of sulfone groups is 1. The Kier molecular flexibility index (Phi) is 10.7. The summed E-state index contributed by atoms with van der Waals surface area (Å²) in [6.07, 6.45) is 5.55. The molecule has 2 aromatic rings. The van der Waals surface area contributed by atoms with E-state index in [2.05, 4.69) is 30.5 Å². The van der Waals surface area contributed by atoms with Gasteiger partial charge in [-0.25, -0.2) is 13.2 Å². The summed E-state index contributed by atoms with van der Waals surface area (Å²) in [6, 6.07) is 16.1. The van der Waals surface area contributed by atoms with Crippen molar-refractivity contribution in [2.45, 2.75) is 50.7 Å². The van der Waals surface area contributed by atoms with Crippen molar-refractivity contribution in [2.75, 3.05) is 38.2 Å². The van der Waals surface area contributed by atoms with Crippen molar-refractivity contribution in [3.63, 3.8) is 0 Å². The highest BCUT2D eigenvalue weighted by Gasteiger charge is 2.31. The fourth-order valence-corrected chi connectivity index (χ4v) is 5.80.